The lowest BCUT2D eigenvalue weighted by molar-refractivity contribution is -0.387. The van der Waals surface area contributed by atoms with Crippen LogP contribution in [-0.2, 0) is 14.3 Å². The highest BCUT2D eigenvalue weighted by Gasteiger charge is 2.38. The van der Waals surface area contributed by atoms with Crippen molar-refractivity contribution >= 4 is 0 Å². The SMILES string of the molecule is CON1CCCCCC1(OC)OC. The highest BCUT2D eigenvalue weighted by molar-refractivity contribution is 4.70. The number of rotatable bonds is 3. The fraction of sp³-hybridized carbons (Fsp3) is 1.00. The fourth-order valence-electron chi connectivity index (χ4n) is 1.80. The van der Waals surface area contributed by atoms with Crippen molar-refractivity contribution in [2.45, 2.75) is 31.6 Å². The molecule has 1 aliphatic heterocycles. The smallest absolute Gasteiger partial charge is 0.251 e. The van der Waals surface area contributed by atoms with Gasteiger partial charge in [-0.05, 0) is 12.8 Å². The van der Waals surface area contributed by atoms with Crippen LogP contribution < -0.4 is 0 Å². The molecule has 1 aliphatic rings. The third kappa shape index (κ3) is 2.20. The molecule has 1 saturated heterocycles. The lowest BCUT2D eigenvalue weighted by Crippen LogP contribution is -2.50. The van der Waals surface area contributed by atoms with E-state index in [0.717, 1.165) is 25.8 Å². The zero-order valence-corrected chi connectivity index (χ0v) is 8.71. The zero-order valence-electron chi connectivity index (χ0n) is 8.71. The number of hydrogen-bond donors (Lipinski definition) is 0. The monoisotopic (exact) mass is 189 g/mol. The van der Waals surface area contributed by atoms with Gasteiger partial charge in [0.25, 0.3) is 5.91 Å². The van der Waals surface area contributed by atoms with Crippen molar-refractivity contribution in [1.29, 1.82) is 0 Å². The first kappa shape index (κ1) is 10.9. The molecule has 1 heterocycles. The summed E-state index contributed by atoms with van der Waals surface area (Å²) >= 11 is 0. The highest BCUT2D eigenvalue weighted by atomic mass is 16.8. The summed E-state index contributed by atoms with van der Waals surface area (Å²) in [5.74, 6) is -0.675. The summed E-state index contributed by atoms with van der Waals surface area (Å²) in [6.07, 6.45) is 4.30. The van der Waals surface area contributed by atoms with Crippen LogP contribution in [0.4, 0.5) is 0 Å². The van der Waals surface area contributed by atoms with Crippen molar-refractivity contribution in [1.82, 2.24) is 5.06 Å². The second-order valence-corrected chi connectivity index (χ2v) is 3.22. The third-order valence-corrected chi connectivity index (χ3v) is 2.59. The van der Waals surface area contributed by atoms with Gasteiger partial charge in [-0.15, -0.1) is 5.06 Å². The van der Waals surface area contributed by atoms with E-state index in [0.29, 0.717) is 0 Å². The number of ether oxygens (including phenoxy) is 2. The van der Waals surface area contributed by atoms with Gasteiger partial charge in [-0.25, -0.2) is 0 Å². The molecule has 4 nitrogen and oxygen atoms in total. The van der Waals surface area contributed by atoms with Gasteiger partial charge >= 0.3 is 0 Å². The Balaban J connectivity index is 2.72. The molecule has 0 radical (unpaired) electrons. The van der Waals surface area contributed by atoms with E-state index in [1.165, 1.54) is 6.42 Å². The molecule has 0 aromatic carbocycles. The van der Waals surface area contributed by atoms with E-state index in [-0.39, 0.29) is 0 Å². The van der Waals surface area contributed by atoms with Crippen LogP contribution in [0.25, 0.3) is 0 Å². The maximum atomic E-state index is 5.39. The summed E-state index contributed by atoms with van der Waals surface area (Å²) in [6.45, 7) is 0.859. The molecular formula is C9H19NO3. The second-order valence-electron chi connectivity index (χ2n) is 3.22. The molecule has 0 bridgehead atoms. The molecule has 0 aliphatic carbocycles. The molecule has 1 rings (SSSR count). The standard InChI is InChI=1S/C9H19NO3/c1-11-9(12-2)7-5-4-6-8-10(9)13-3/h4-8H2,1-3H3. The minimum absolute atomic E-state index is 0.675. The van der Waals surface area contributed by atoms with Crippen LogP contribution in [0.3, 0.4) is 0 Å². The maximum Gasteiger partial charge on any atom is 0.251 e. The van der Waals surface area contributed by atoms with Gasteiger partial charge in [-0.3, -0.25) is 4.84 Å². The average Bonchev–Trinajstić information content (AvgIpc) is 2.39. The quantitative estimate of drug-likeness (QED) is 0.627. The van der Waals surface area contributed by atoms with Gasteiger partial charge in [0.2, 0.25) is 0 Å². The van der Waals surface area contributed by atoms with Gasteiger partial charge in [0.1, 0.15) is 0 Å². The topological polar surface area (TPSA) is 30.9 Å². The van der Waals surface area contributed by atoms with Crippen LogP contribution >= 0.6 is 0 Å². The number of nitrogens with zero attached hydrogens (tertiary/aromatic N) is 1. The molecule has 0 aromatic rings. The molecule has 0 spiro atoms. The van der Waals surface area contributed by atoms with E-state index in [1.54, 1.807) is 26.4 Å². The van der Waals surface area contributed by atoms with Crippen LogP contribution in [0.5, 0.6) is 0 Å². The Bertz CT molecular complexity index is 148. The van der Waals surface area contributed by atoms with Crippen molar-refractivity contribution in [3.05, 3.63) is 0 Å². The van der Waals surface area contributed by atoms with Gasteiger partial charge in [0.15, 0.2) is 0 Å². The summed E-state index contributed by atoms with van der Waals surface area (Å²) in [7, 11) is 4.96. The van der Waals surface area contributed by atoms with Crippen LogP contribution in [0.15, 0.2) is 0 Å². The molecule has 0 aromatic heterocycles. The Hall–Kier alpha value is -0.160. The largest absolute Gasteiger partial charge is 0.339 e. The molecule has 0 unspecified atom stereocenters. The van der Waals surface area contributed by atoms with Gasteiger partial charge < -0.3 is 9.47 Å². The molecule has 0 saturated carbocycles. The first-order valence-electron chi connectivity index (χ1n) is 4.71. The van der Waals surface area contributed by atoms with Crippen molar-refractivity contribution in [3.8, 4) is 0 Å². The van der Waals surface area contributed by atoms with Crippen LogP contribution in [-0.4, -0.2) is 38.8 Å². The van der Waals surface area contributed by atoms with Gasteiger partial charge in [-0.2, -0.15) is 0 Å². The van der Waals surface area contributed by atoms with Crippen molar-refractivity contribution in [2.75, 3.05) is 27.9 Å². The van der Waals surface area contributed by atoms with Crippen LogP contribution in [0.2, 0.25) is 0 Å². The lowest BCUT2D eigenvalue weighted by atomic mass is 10.2. The first-order chi connectivity index (χ1) is 6.29. The minimum atomic E-state index is -0.675. The first-order valence-corrected chi connectivity index (χ1v) is 4.71. The van der Waals surface area contributed by atoms with Crippen LogP contribution in [0, 0.1) is 0 Å². The van der Waals surface area contributed by atoms with Gasteiger partial charge in [-0.1, -0.05) is 6.42 Å². The second kappa shape index (κ2) is 4.91. The van der Waals surface area contributed by atoms with Crippen LogP contribution in [0.1, 0.15) is 25.7 Å². The Morgan fingerprint density at radius 3 is 2.23 bits per heavy atom. The summed E-state index contributed by atoms with van der Waals surface area (Å²) in [6, 6.07) is 0. The van der Waals surface area contributed by atoms with E-state index in [4.69, 9.17) is 14.3 Å². The van der Waals surface area contributed by atoms with Gasteiger partial charge in [0, 0.05) is 27.2 Å². The summed E-state index contributed by atoms with van der Waals surface area (Å²) in [5.41, 5.74) is 0. The molecule has 1 fully saturated rings. The van der Waals surface area contributed by atoms with E-state index >= 15 is 0 Å². The Kier molecular flexibility index (Phi) is 4.12. The fourth-order valence-corrected chi connectivity index (χ4v) is 1.80. The van der Waals surface area contributed by atoms with E-state index in [1.807, 2.05) is 0 Å². The number of hydroxylamine groups is 2. The maximum absolute atomic E-state index is 5.39. The van der Waals surface area contributed by atoms with E-state index < -0.39 is 5.91 Å². The molecule has 4 heteroatoms. The lowest BCUT2D eigenvalue weighted by Gasteiger charge is -2.37. The molecular weight excluding hydrogens is 170 g/mol. The molecule has 78 valence electrons. The molecule has 0 atom stereocenters. The third-order valence-electron chi connectivity index (χ3n) is 2.59. The minimum Gasteiger partial charge on any atom is -0.339 e. The van der Waals surface area contributed by atoms with Crippen molar-refractivity contribution in [2.24, 2.45) is 0 Å². The van der Waals surface area contributed by atoms with Crippen molar-refractivity contribution < 1.29 is 14.3 Å². The predicted molar refractivity (Wildman–Crippen MR) is 48.9 cm³/mol. The highest BCUT2D eigenvalue weighted by Crippen LogP contribution is 2.28. The normalized spacial score (nSPS) is 24.2. The Morgan fingerprint density at radius 1 is 1.00 bits per heavy atom. The number of hydrogen-bond acceptors (Lipinski definition) is 4. The zero-order chi connectivity index (χ0) is 9.73. The summed E-state index contributed by atoms with van der Waals surface area (Å²) < 4.78 is 10.8. The predicted octanol–water partition coefficient (Wildman–Crippen LogP) is 1.37. The Morgan fingerprint density at radius 2 is 1.69 bits per heavy atom. The number of methoxy groups -OCH3 is 2. The van der Waals surface area contributed by atoms with Gasteiger partial charge in [0.05, 0.1) is 7.11 Å². The molecule has 0 amide bonds. The average molecular weight is 189 g/mol. The van der Waals surface area contributed by atoms with Crippen molar-refractivity contribution in [3.63, 3.8) is 0 Å². The summed E-state index contributed by atoms with van der Waals surface area (Å²) in [5, 5.41) is 1.78. The molecule has 0 N–H and O–H groups in total. The molecule has 13 heavy (non-hydrogen) atoms. The Labute approximate surface area is 79.7 Å². The summed E-state index contributed by atoms with van der Waals surface area (Å²) in [4.78, 5) is 5.25. The van der Waals surface area contributed by atoms with E-state index in [2.05, 4.69) is 0 Å². The van der Waals surface area contributed by atoms with E-state index in [9.17, 15) is 0 Å².